The number of hydrogen-bond acceptors (Lipinski definition) is 6. The molecule has 1 N–H and O–H groups in total. The fourth-order valence-electron chi connectivity index (χ4n) is 3.79. The number of halogens is 3. The number of nitrogens with zero attached hydrogens (tertiary/aromatic N) is 2. The Bertz CT molecular complexity index is 1190. The van der Waals surface area contributed by atoms with Crippen molar-refractivity contribution in [3.8, 4) is 11.5 Å². The van der Waals surface area contributed by atoms with E-state index in [1.165, 1.54) is 42.3 Å². The highest BCUT2D eigenvalue weighted by Crippen LogP contribution is 2.33. The van der Waals surface area contributed by atoms with E-state index in [1.807, 2.05) is 0 Å². The first-order chi connectivity index (χ1) is 16.1. The molecule has 178 valence electrons. The highest BCUT2D eigenvalue weighted by molar-refractivity contribution is 6.05. The van der Waals surface area contributed by atoms with Gasteiger partial charge in [-0.1, -0.05) is 6.07 Å². The van der Waals surface area contributed by atoms with Gasteiger partial charge in [-0.25, -0.2) is 9.18 Å². The van der Waals surface area contributed by atoms with Gasteiger partial charge in [-0.3, -0.25) is 24.6 Å². The number of nitrogens with one attached hydrogen (secondary N) is 1. The quantitative estimate of drug-likeness (QED) is 0.664. The number of anilines is 1. The molecule has 0 spiro atoms. The Hall–Kier alpha value is -4.09. The number of piperidine rings is 1. The molecule has 12 heteroatoms. The van der Waals surface area contributed by atoms with Gasteiger partial charge in [0.05, 0.1) is 17.8 Å². The third-order valence-corrected chi connectivity index (χ3v) is 5.48. The van der Waals surface area contributed by atoms with Gasteiger partial charge < -0.3 is 14.4 Å². The van der Waals surface area contributed by atoms with E-state index in [0.717, 1.165) is 11.0 Å². The Kier molecular flexibility index (Phi) is 6.14. The van der Waals surface area contributed by atoms with Gasteiger partial charge in [-0.2, -0.15) is 8.78 Å². The normalized spacial score (nSPS) is 17.5. The van der Waals surface area contributed by atoms with Crippen molar-refractivity contribution in [3.63, 3.8) is 0 Å². The molecule has 1 saturated heterocycles. The Morgan fingerprint density at radius 1 is 1.18 bits per heavy atom. The van der Waals surface area contributed by atoms with E-state index in [9.17, 15) is 32.3 Å². The van der Waals surface area contributed by atoms with Crippen LogP contribution in [-0.4, -0.2) is 48.4 Å². The van der Waals surface area contributed by atoms with E-state index in [1.54, 1.807) is 0 Å². The molecule has 9 nitrogen and oxygen atoms in total. The van der Waals surface area contributed by atoms with E-state index in [4.69, 9.17) is 4.74 Å². The van der Waals surface area contributed by atoms with E-state index in [0.29, 0.717) is 0 Å². The standard InChI is InChI=1S/C22H18F3N3O6/c1-27(11-3-2-4-12(7-11)33-21(24)25)22(32)34-13-8-14-15(16(23)9-13)10-28(20(14)31)17-5-6-18(29)26-19(17)30/h2-4,7-9,17,21H,5-6,10H2,1H3,(H,26,29,30). The van der Waals surface area contributed by atoms with Crippen molar-refractivity contribution in [2.24, 2.45) is 0 Å². The molecule has 1 fully saturated rings. The SMILES string of the molecule is CN(C(=O)Oc1cc(F)c2c(c1)C(=O)N(C1CCC(=O)NC1=O)C2)c1cccc(OC(F)F)c1. The van der Waals surface area contributed by atoms with Gasteiger partial charge >= 0.3 is 12.7 Å². The zero-order valence-corrected chi connectivity index (χ0v) is 17.7. The molecule has 2 heterocycles. The molecule has 0 bridgehead atoms. The molecule has 0 radical (unpaired) electrons. The maximum Gasteiger partial charge on any atom is 0.419 e. The number of fused-ring (bicyclic) bond motifs is 1. The largest absolute Gasteiger partial charge is 0.435 e. The zero-order valence-electron chi connectivity index (χ0n) is 17.7. The molecule has 2 aliphatic heterocycles. The first kappa shape index (κ1) is 23.1. The van der Waals surface area contributed by atoms with Crippen LogP contribution in [0, 0.1) is 5.82 Å². The second-order valence-corrected chi connectivity index (χ2v) is 7.63. The molecule has 0 aliphatic carbocycles. The zero-order chi connectivity index (χ0) is 24.6. The monoisotopic (exact) mass is 477 g/mol. The molecule has 1 unspecified atom stereocenters. The van der Waals surface area contributed by atoms with Crippen molar-refractivity contribution >= 4 is 29.5 Å². The van der Waals surface area contributed by atoms with Crippen LogP contribution in [0.2, 0.25) is 0 Å². The number of amides is 4. The van der Waals surface area contributed by atoms with Crippen LogP contribution in [0.15, 0.2) is 36.4 Å². The van der Waals surface area contributed by atoms with Gasteiger partial charge in [-0.05, 0) is 24.6 Å². The topological polar surface area (TPSA) is 105 Å². The number of imide groups is 1. The summed E-state index contributed by atoms with van der Waals surface area (Å²) in [6.07, 6.45) is -0.800. The summed E-state index contributed by atoms with van der Waals surface area (Å²) in [5, 5.41) is 2.16. The van der Waals surface area contributed by atoms with Crippen molar-refractivity contribution in [2.75, 3.05) is 11.9 Å². The second-order valence-electron chi connectivity index (χ2n) is 7.63. The van der Waals surface area contributed by atoms with Crippen molar-refractivity contribution in [3.05, 3.63) is 53.3 Å². The van der Waals surface area contributed by atoms with Crippen LogP contribution >= 0.6 is 0 Å². The molecule has 0 aromatic heterocycles. The number of carbonyl (C=O) groups excluding carboxylic acids is 4. The van der Waals surface area contributed by atoms with Crippen molar-refractivity contribution in [2.45, 2.75) is 32.0 Å². The number of ether oxygens (including phenoxy) is 2. The summed E-state index contributed by atoms with van der Waals surface area (Å²) in [5.41, 5.74) is 0.145. The average Bonchev–Trinajstić information content (AvgIpc) is 3.10. The van der Waals surface area contributed by atoms with Crippen LogP contribution in [-0.2, 0) is 16.1 Å². The summed E-state index contributed by atoms with van der Waals surface area (Å²) < 4.78 is 49.1. The molecular formula is C22H18F3N3O6. The number of hydrogen-bond donors (Lipinski definition) is 1. The first-order valence-corrected chi connectivity index (χ1v) is 10.1. The highest BCUT2D eigenvalue weighted by atomic mass is 19.3. The third kappa shape index (κ3) is 4.51. The molecule has 4 amide bonds. The molecule has 0 saturated carbocycles. The molecule has 2 aromatic rings. The third-order valence-electron chi connectivity index (χ3n) is 5.48. The van der Waals surface area contributed by atoms with Crippen LogP contribution in [0.25, 0.3) is 0 Å². The van der Waals surface area contributed by atoms with Crippen LogP contribution < -0.4 is 19.7 Å². The lowest BCUT2D eigenvalue weighted by Crippen LogP contribution is -2.52. The Morgan fingerprint density at radius 2 is 1.94 bits per heavy atom. The van der Waals surface area contributed by atoms with Gasteiger partial charge in [0.15, 0.2) is 0 Å². The molecular weight excluding hydrogens is 459 g/mol. The molecule has 34 heavy (non-hydrogen) atoms. The Labute approximate surface area is 191 Å². The summed E-state index contributed by atoms with van der Waals surface area (Å²) in [4.78, 5) is 51.1. The maximum atomic E-state index is 14.7. The van der Waals surface area contributed by atoms with Gasteiger partial charge in [-0.15, -0.1) is 0 Å². The molecule has 1 atom stereocenters. The van der Waals surface area contributed by atoms with E-state index in [2.05, 4.69) is 10.1 Å². The number of alkyl halides is 2. The number of rotatable bonds is 5. The van der Waals surface area contributed by atoms with E-state index >= 15 is 0 Å². The smallest absolute Gasteiger partial charge is 0.419 e. The van der Waals surface area contributed by atoms with Crippen molar-refractivity contribution in [1.29, 1.82) is 0 Å². The van der Waals surface area contributed by atoms with Gasteiger partial charge in [0.25, 0.3) is 5.91 Å². The maximum absolute atomic E-state index is 14.7. The summed E-state index contributed by atoms with van der Waals surface area (Å²) in [6.45, 7) is -3.21. The second kappa shape index (κ2) is 9.04. The average molecular weight is 477 g/mol. The van der Waals surface area contributed by atoms with Crippen LogP contribution in [0.1, 0.15) is 28.8 Å². The lowest BCUT2D eigenvalue weighted by molar-refractivity contribution is -0.136. The predicted octanol–water partition coefficient (Wildman–Crippen LogP) is 2.82. The minimum absolute atomic E-state index is 0.0414. The number of benzene rings is 2. The van der Waals surface area contributed by atoms with Crippen LogP contribution in [0.4, 0.5) is 23.7 Å². The van der Waals surface area contributed by atoms with Gasteiger partial charge in [0, 0.05) is 31.2 Å². The molecule has 2 aromatic carbocycles. The van der Waals surface area contributed by atoms with Crippen molar-refractivity contribution in [1.82, 2.24) is 10.2 Å². The number of carbonyl (C=O) groups is 4. The van der Waals surface area contributed by atoms with Crippen molar-refractivity contribution < 1.29 is 41.8 Å². The Morgan fingerprint density at radius 3 is 2.65 bits per heavy atom. The van der Waals surface area contributed by atoms with Crippen LogP contribution in [0.5, 0.6) is 11.5 Å². The Balaban J connectivity index is 1.50. The minimum Gasteiger partial charge on any atom is -0.435 e. The highest BCUT2D eigenvalue weighted by Gasteiger charge is 2.40. The molecule has 4 rings (SSSR count). The lowest BCUT2D eigenvalue weighted by atomic mass is 10.0. The fraction of sp³-hybridized carbons (Fsp3) is 0.273. The molecule has 2 aliphatic rings. The van der Waals surface area contributed by atoms with E-state index < -0.39 is 42.3 Å². The summed E-state index contributed by atoms with van der Waals surface area (Å²) in [6, 6.07) is 6.52. The lowest BCUT2D eigenvalue weighted by Gasteiger charge is -2.29. The van der Waals surface area contributed by atoms with Gasteiger partial charge in [0.1, 0.15) is 23.4 Å². The predicted molar refractivity (Wildman–Crippen MR) is 110 cm³/mol. The summed E-state index contributed by atoms with van der Waals surface area (Å²) in [7, 11) is 1.31. The fourth-order valence-corrected chi connectivity index (χ4v) is 3.79. The van der Waals surface area contributed by atoms with E-state index in [-0.39, 0.29) is 47.7 Å². The van der Waals surface area contributed by atoms with Gasteiger partial charge in [0.2, 0.25) is 11.8 Å². The summed E-state index contributed by atoms with van der Waals surface area (Å²) in [5.74, 6) is -2.95. The minimum atomic E-state index is -3.04. The van der Waals surface area contributed by atoms with Crippen LogP contribution in [0.3, 0.4) is 0 Å². The summed E-state index contributed by atoms with van der Waals surface area (Å²) >= 11 is 0. The first-order valence-electron chi connectivity index (χ1n) is 10.1.